The van der Waals surface area contributed by atoms with Gasteiger partial charge >= 0.3 is 5.97 Å². The van der Waals surface area contributed by atoms with Crippen molar-refractivity contribution in [3.8, 4) is 0 Å². The number of rotatable bonds is 17. The molecule has 4 heteroatoms. The first kappa shape index (κ1) is 22.4. The Hall–Kier alpha value is -0.610. The monoisotopic (exact) mass is 330 g/mol. The molecule has 4 nitrogen and oxygen atoms in total. The molecular weight excluding hydrogens is 292 g/mol. The number of hydrogen-bond donors (Lipinski definition) is 1. The number of ether oxygens (including phenoxy) is 2. The summed E-state index contributed by atoms with van der Waals surface area (Å²) < 4.78 is 10.5. The van der Waals surface area contributed by atoms with Gasteiger partial charge < -0.3 is 14.6 Å². The van der Waals surface area contributed by atoms with Crippen LogP contribution in [0.25, 0.3) is 0 Å². The second-order valence-electron chi connectivity index (χ2n) is 6.26. The van der Waals surface area contributed by atoms with E-state index in [0.29, 0.717) is 19.6 Å². The van der Waals surface area contributed by atoms with Gasteiger partial charge in [0.25, 0.3) is 0 Å². The molecule has 1 atom stereocenters. The predicted molar refractivity (Wildman–Crippen MR) is 94.5 cm³/mol. The predicted octanol–water partition coefficient (Wildman–Crippen LogP) is 4.63. The quantitative estimate of drug-likeness (QED) is 0.312. The van der Waals surface area contributed by atoms with Crippen molar-refractivity contribution in [1.82, 2.24) is 0 Å². The highest BCUT2D eigenvalue weighted by Gasteiger charge is 2.11. The van der Waals surface area contributed by atoms with E-state index in [0.717, 1.165) is 6.42 Å². The lowest BCUT2D eigenvalue weighted by Gasteiger charge is -2.15. The average Bonchev–Trinajstić information content (AvgIpc) is 2.57. The SMILES string of the molecule is CCCCCCCCCCCCCOCC(CO)OC(=O)CC. The minimum atomic E-state index is -0.518. The van der Waals surface area contributed by atoms with E-state index in [1.807, 2.05) is 0 Å². The Balaban J connectivity index is 3.24. The molecule has 0 aliphatic carbocycles. The zero-order valence-corrected chi connectivity index (χ0v) is 15.4. The summed E-state index contributed by atoms with van der Waals surface area (Å²) in [7, 11) is 0. The fraction of sp³-hybridized carbons (Fsp3) is 0.947. The molecule has 1 unspecified atom stereocenters. The van der Waals surface area contributed by atoms with Gasteiger partial charge in [-0.2, -0.15) is 0 Å². The minimum Gasteiger partial charge on any atom is -0.457 e. The molecule has 1 N–H and O–H groups in total. The van der Waals surface area contributed by atoms with E-state index in [1.165, 1.54) is 64.2 Å². The lowest BCUT2D eigenvalue weighted by atomic mass is 10.1. The van der Waals surface area contributed by atoms with Crippen LogP contribution < -0.4 is 0 Å². The first-order valence-corrected chi connectivity index (χ1v) is 9.62. The van der Waals surface area contributed by atoms with E-state index in [1.54, 1.807) is 6.92 Å². The number of aliphatic hydroxyl groups excluding tert-OH is 1. The molecule has 0 aromatic heterocycles. The van der Waals surface area contributed by atoms with Gasteiger partial charge in [0.1, 0.15) is 6.10 Å². The van der Waals surface area contributed by atoms with Gasteiger partial charge in [-0.15, -0.1) is 0 Å². The van der Waals surface area contributed by atoms with Crippen molar-refractivity contribution in [3.63, 3.8) is 0 Å². The van der Waals surface area contributed by atoms with Crippen LogP contribution in [0.1, 0.15) is 90.9 Å². The Bertz CT molecular complexity index is 256. The summed E-state index contributed by atoms with van der Waals surface area (Å²) in [4.78, 5) is 11.1. The standard InChI is InChI=1S/C19H38O4/c1-3-5-6-7-8-9-10-11-12-13-14-15-22-17-18(16-20)23-19(21)4-2/h18,20H,3-17H2,1-2H3. The Morgan fingerprint density at radius 3 is 1.87 bits per heavy atom. The molecular formula is C19H38O4. The molecule has 0 radical (unpaired) electrons. The van der Waals surface area contributed by atoms with Crippen molar-refractivity contribution >= 4 is 5.97 Å². The molecule has 23 heavy (non-hydrogen) atoms. The van der Waals surface area contributed by atoms with E-state index in [9.17, 15) is 4.79 Å². The molecule has 138 valence electrons. The van der Waals surface area contributed by atoms with Crippen molar-refractivity contribution in [2.45, 2.75) is 97.0 Å². The van der Waals surface area contributed by atoms with Crippen LogP contribution in [0, 0.1) is 0 Å². The van der Waals surface area contributed by atoms with Crippen LogP contribution in [0.2, 0.25) is 0 Å². The summed E-state index contributed by atoms with van der Waals surface area (Å²) in [6.07, 6.45) is 14.3. The highest BCUT2D eigenvalue weighted by molar-refractivity contribution is 5.69. The summed E-state index contributed by atoms with van der Waals surface area (Å²) in [5.74, 6) is -0.289. The maximum atomic E-state index is 11.1. The zero-order valence-electron chi connectivity index (χ0n) is 15.4. The van der Waals surface area contributed by atoms with Crippen molar-refractivity contribution < 1.29 is 19.4 Å². The molecule has 0 rings (SSSR count). The van der Waals surface area contributed by atoms with Crippen molar-refractivity contribution in [2.75, 3.05) is 19.8 Å². The van der Waals surface area contributed by atoms with Gasteiger partial charge in [0.2, 0.25) is 0 Å². The average molecular weight is 331 g/mol. The van der Waals surface area contributed by atoms with Crippen LogP contribution in [-0.4, -0.2) is 37.0 Å². The number of carbonyl (C=O) groups excluding carboxylic acids is 1. The number of hydrogen-bond acceptors (Lipinski definition) is 4. The number of unbranched alkanes of at least 4 members (excludes halogenated alkanes) is 10. The second kappa shape index (κ2) is 17.7. The summed E-state index contributed by atoms with van der Waals surface area (Å²) in [6.45, 7) is 4.79. The Labute approximate surface area is 142 Å². The third-order valence-electron chi connectivity index (χ3n) is 3.99. The highest BCUT2D eigenvalue weighted by Crippen LogP contribution is 2.11. The van der Waals surface area contributed by atoms with Gasteiger partial charge in [-0.1, -0.05) is 78.1 Å². The normalized spacial score (nSPS) is 12.3. The first-order chi connectivity index (χ1) is 11.2. The fourth-order valence-corrected chi connectivity index (χ4v) is 2.48. The second-order valence-corrected chi connectivity index (χ2v) is 6.26. The van der Waals surface area contributed by atoms with Crippen molar-refractivity contribution in [3.05, 3.63) is 0 Å². The maximum absolute atomic E-state index is 11.1. The number of aliphatic hydroxyl groups is 1. The number of carbonyl (C=O) groups is 1. The summed E-state index contributed by atoms with van der Waals surface area (Å²) in [5.41, 5.74) is 0. The molecule has 0 fully saturated rings. The summed E-state index contributed by atoms with van der Waals surface area (Å²) in [5, 5.41) is 9.10. The Morgan fingerprint density at radius 2 is 1.39 bits per heavy atom. The summed E-state index contributed by atoms with van der Waals surface area (Å²) in [6, 6.07) is 0. The minimum absolute atomic E-state index is 0.177. The Morgan fingerprint density at radius 1 is 0.870 bits per heavy atom. The van der Waals surface area contributed by atoms with Gasteiger partial charge in [-0.05, 0) is 6.42 Å². The van der Waals surface area contributed by atoms with E-state index < -0.39 is 6.10 Å². The summed E-state index contributed by atoms with van der Waals surface area (Å²) >= 11 is 0. The molecule has 0 aliphatic rings. The van der Waals surface area contributed by atoms with E-state index >= 15 is 0 Å². The molecule has 0 saturated carbocycles. The van der Waals surface area contributed by atoms with Crippen LogP contribution in [0.3, 0.4) is 0 Å². The lowest BCUT2D eigenvalue weighted by molar-refractivity contribution is -0.154. The van der Waals surface area contributed by atoms with E-state index in [-0.39, 0.29) is 12.6 Å². The van der Waals surface area contributed by atoms with Gasteiger partial charge in [-0.25, -0.2) is 0 Å². The Kier molecular flexibility index (Phi) is 17.3. The smallest absolute Gasteiger partial charge is 0.305 e. The van der Waals surface area contributed by atoms with Crippen LogP contribution in [0.5, 0.6) is 0 Å². The van der Waals surface area contributed by atoms with Gasteiger partial charge in [0.15, 0.2) is 0 Å². The molecule has 0 bridgehead atoms. The molecule has 0 aromatic rings. The van der Waals surface area contributed by atoms with Crippen molar-refractivity contribution in [2.24, 2.45) is 0 Å². The number of esters is 1. The third kappa shape index (κ3) is 16.0. The molecule has 0 amide bonds. The molecule has 0 aliphatic heterocycles. The zero-order chi connectivity index (χ0) is 17.2. The molecule has 0 spiro atoms. The maximum Gasteiger partial charge on any atom is 0.305 e. The largest absolute Gasteiger partial charge is 0.457 e. The van der Waals surface area contributed by atoms with Crippen molar-refractivity contribution in [1.29, 1.82) is 0 Å². The highest BCUT2D eigenvalue weighted by atomic mass is 16.6. The van der Waals surface area contributed by atoms with Crippen LogP contribution >= 0.6 is 0 Å². The third-order valence-corrected chi connectivity index (χ3v) is 3.99. The molecule has 0 aromatic carbocycles. The fourth-order valence-electron chi connectivity index (χ4n) is 2.48. The van der Waals surface area contributed by atoms with Gasteiger partial charge in [0, 0.05) is 13.0 Å². The topological polar surface area (TPSA) is 55.8 Å². The van der Waals surface area contributed by atoms with E-state index in [4.69, 9.17) is 14.6 Å². The first-order valence-electron chi connectivity index (χ1n) is 9.62. The van der Waals surface area contributed by atoms with Crippen LogP contribution in [-0.2, 0) is 14.3 Å². The van der Waals surface area contributed by atoms with Gasteiger partial charge in [-0.3, -0.25) is 4.79 Å². The molecule has 0 heterocycles. The van der Waals surface area contributed by atoms with E-state index in [2.05, 4.69) is 6.92 Å². The van der Waals surface area contributed by atoms with Crippen LogP contribution in [0.4, 0.5) is 0 Å². The van der Waals surface area contributed by atoms with Gasteiger partial charge in [0.05, 0.1) is 13.2 Å². The lowest BCUT2D eigenvalue weighted by Crippen LogP contribution is -2.27. The molecule has 0 saturated heterocycles. The van der Waals surface area contributed by atoms with Crippen LogP contribution in [0.15, 0.2) is 0 Å².